The number of hydrogen-bond donors (Lipinski definition) is 1. The van der Waals surface area contributed by atoms with E-state index in [2.05, 4.69) is 33.0 Å². The zero-order valence-corrected chi connectivity index (χ0v) is 13.2. The molecule has 3 nitrogen and oxygen atoms in total. The summed E-state index contributed by atoms with van der Waals surface area (Å²) in [6.45, 7) is 15.5. The van der Waals surface area contributed by atoms with Crippen molar-refractivity contribution in [2.75, 3.05) is 13.2 Å². The zero-order chi connectivity index (χ0) is 14.3. The molecule has 1 atom stereocenters. The summed E-state index contributed by atoms with van der Waals surface area (Å²) < 4.78 is 5.74. The van der Waals surface area contributed by atoms with Crippen LogP contribution in [0.15, 0.2) is 0 Å². The third-order valence-corrected chi connectivity index (χ3v) is 2.96. The van der Waals surface area contributed by atoms with Gasteiger partial charge >= 0.3 is 0 Å². The second-order valence-corrected chi connectivity index (χ2v) is 6.16. The largest absolute Gasteiger partial charge is 0.379 e. The first-order valence-corrected chi connectivity index (χ1v) is 7.15. The van der Waals surface area contributed by atoms with Crippen molar-refractivity contribution in [3.05, 3.63) is 0 Å². The minimum absolute atomic E-state index is 0.0267. The Morgan fingerprint density at radius 2 is 1.72 bits per heavy atom. The van der Waals surface area contributed by atoms with Crippen molar-refractivity contribution >= 4 is 5.78 Å². The van der Waals surface area contributed by atoms with Gasteiger partial charge in [0.15, 0.2) is 5.78 Å². The maximum Gasteiger partial charge on any atom is 0.157 e. The van der Waals surface area contributed by atoms with Crippen LogP contribution in [0.1, 0.15) is 54.9 Å². The monoisotopic (exact) mass is 257 g/mol. The highest BCUT2D eigenvalue weighted by Gasteiger charge is 2.38. The van der Waals surface area contributed by atoms with Crippen molar-refractivity contribution < 1.29 is 9.53 Å². The Morgan fingerprint density at radius 3 is 2.06 bits per heavy atom. The van der Waals surface area contributed by atoms with Gasteiger partial charge in [0.1, 0.15) is 5.54 Å². The molecule has 108 valence electrons. The third-order valence-electron chi connectivity index (χ3n) is 2.96. The minimum Gasteiger partial charge on any atom is -0.379 e. The first kappa shape index (κ1) is 17.6. The molecule has 0 aliphatic carbocycles. The van der Waals surface area contributed by atoms with Crippen molar-refractivity contribution in [1.29, 1.82) is 0 Å². The van der Waals surface area contributed by atoms with E-state index in [-0.39, 0.29) is 17.7 Å². The highest BCUT2D eigenvalue weighted by atomic mass is 16.5. The van der Waals surface area contributed by atoms with E-state index in [9.17, 15) is 4.79 Å². The fraction of sp³-hybridized carbons (Fsp3) is 0.933. The van der Waals surface area contributed by atoms with Crippen LogP contribution in [0.25, 0.3) is 0 Å². The Balaban J connectivity index is 4.81. The lowest BCUT2D eigenvalue weighted by Crippen LogP contribution is -2.59. The molecule has 0 aromatic heterocycles. The van der Waals surface area contributed by atoms with E-state index in [1.807, 2.05) is 20.8 Å². The van der Waals surface area contributed by atoms with Crippen molar-refractivity contribution in [2.45, 2.75) is 66.5 Å². The molecule has 0 spiro atoms. The Labute approximate surface area is 113 Å². The molecular formula is C15H31NO2. The molecule has 1 unspecified atom stereocenters. The normalized spacial score (nSPS) is 15.4. The quantitative estimate of drug-likeness (QED) is 0.690. The lowest BCUT2D eigenvalue weighted by molar-refractivity contribution is -0.132. The Bertz CT molecular complexity index is 249. The van der Waals surface area contributed by atoms with E-state index in [4.69, 9.17) is 4.74 Å². The fourth-order valence-corrected chi connectivity index (χ4v) is 2.14. The van der Waals surface area contributed by atoms with Gasteiger partial charge in [0.2, 0.25) is 0 Å². The number of hydrogen-bond acceptors (Lipinski definition) is 3. The van der Waals surface area contributed by atoms with Gasteiger partial charge in [0.25, 0.3) is 0 Å². The van der Waals surface area contributed by atoms with E-state index in [0.29, 0.717) is 19.1 Å². The van der Waals surface area contributed by atoms with Crippen molar-refractivity contribution in [2.24, 2.45) is 11.8 Å². The molecule has 0 bridgehead atoms. The molecule has 0 amide bonds. The van der Waals surface area contributed by atoms with E-state index in [1.165, 1.54) is 0 Å². The summed E-state index contributed by atoms with van der Waals surface area (Å²) in [7, 11) is 0. The highest BCUT2D eigenvalue weighted by Crippen LogP contribution is 2.19. The predicted molar refractivity (Wildman–Crippen MR) is 76.8 cm³/mol. The van der Waals surface area contributed by atoms with Crippen LogP contribution in [0.4, 0.5) is 0 Å². The van der Waals surface area contributed by atoms with Gasteiger partial charge in [-0.15, -0.1) is 0 Å². The Hall–Kier alpha value is -0.410. The number of carbonyl (C=O) groups is 1. The van der Waals surface area contributed by atoms with Crippen molar-refractivity contribution in [3.8, 4) is 0 Å². The molecule has 18 heavy (non-hydrogen) atoms. The number of ketones is 1. The fourth-order valence-electron chi connectivity index (χ4n) is 2.14. The van der Waals surface area contributed by atoms with Gasteiger partial charge in [-0.1, -0.05) is 34.6 Å². The molecule has 0 rings (SSSR count). The van der Waals surface area contributed by atoms with Gasteiger partial charge in [-0.3, -0.25) is 4.79 Å². The molecule has 0 aromatic rings. The summed E-state index contributed by atoms with van der Waals surface area (Å²) in [5.41, 5.74) is -0.531. The Morgan fingerprint density at radius 1 is 1.17 bits per heavy atom. The van der Waals surface area contributed by atoms with Gasteiger partial charge in [0, 0.05) is 18.6 Å². The van der Waals surface area contributed by atoms with E-state index in [0.717, 1.165) is 6.42 Å². The summed E-state index contributed by atoms with van der Waals surface area (Å²) in [5, 5.41) is 3.42. The maximum atomic E-state index is 12.5. The van der Waals surface area contributed by atoms with Gasteiger partial charge in [-0.2, -0.15) is 0 Å². The smallest absolute Gasteiger partial charge is 0.157 e. The average Bonchev–Trinajstić information content (AvgIpc) is 2.25. The zero-order valence-electron chi connectivity index (χ0n) is 13.2. The van der Waals surface area contributed by atoms with Crippen LogP contribution >= 0.6 is 0 Å². The molecule has 0 aliphatic rings. The average molecular weight is 257 g/mol. The van der Waals surface area contributed by atoms with E-state index < -0.39 is 5.54 Å². The summed E-state index contributed by atoms with van der Waals surface area (Å²) >= 11 is 0. The molecule has 0 saturated heterocycles. The van der Waals surface area contributed by atoms with Crippen LogP contribution in [-0.4, -0.2) is 30.6 Å². The minimum atomic E-state index is -0.531. The first-order chi connectivity index (χ1) is 8.25. The molecular weight excluding hydrogens is 226 g/mol. The third kappa shape index (κ3) is 5.49. The van der Waals surface area contributed by atoms with Crippen LogP contribution in [0.2, 0.25) is 0 Å². The molecule has 3 heteroatoms. The highest BCUT2D eigenvalue weighted by molar-refractivity contribution is 5.90. The van der Waals surface area contributed by atoms with Crippen LogP contribution in [0.5, 0.6) is 0 Å². The van der Waals surface area contributed by atoms with Gasteiger partial charge in [-0.05, 0) is 26.2 Å². The number of ether oxygens (including phenoxy) is 1. The molecule has 0 aromatic carbocycles. The van der Waals surface area contributed by atoms with Crippen LogP contribution in [0, 0.1) is 11.8 Å². The number of rotatable bonds is 9. The van der Waals surface area contributed by atoms with Crippen molar-refractivity contribution in [1.82, 2.24) is 5.32 Å². The molecule has 0 heterocycles. The predicted octanol–water partition coefficient (Wildman–Crippen LogP) is 3.03. The SMILES string of the molecule is CCC(COCC(C)C)(NC(C)C)C(=O)C(C)C. The van der Waals surface area contributed by atoms with Crippen LogP contribution in [-0.2, 0) is 9.53 Å². The van der Waals surface area contributed by atoms with E-state index in [1.54, 1.807) is 0 Å². The van der Waals surface area contributed by atoms with Gasteiger partial charge in [0.05, 0.1) is 6.61 Å². The number of Topliss-reactive ketones (excluding diaryl/α,β-unsaturated/α-hetero) is 1. The second-order valence-electron chi connectivity index (χ2n) is 6.16. The van der Waals surface area contributed by atoms with E-state index >= 15 is 0 Å². The molecule has 0 saturated carbocycles. The van der Waals surface area contributed by atoms with Gasteiger partial charge < -0.3 is 10.1 Å². The van der Waals surface area contributed by atoms with Crippen molar-refractivity contribution in [3.63, 3.8) is 0 Å². The summed E-state index contributed by atoms with van der Waals surface area (Å²) in [6.07, 6.45) is 0.764. The Kier molecular flexibility index (Phi) is 7.72. The second kappa shape index (κ2) is 7.90. The molecule has 1 N–H and O–H groups in total. The number of carbonyl (C=O) groups excluding carboxylic acids is 1. The van der Waals surface area contributed by atoms with Crippen LogP contribution in [0.3, 0.4) is 0 Å². The molecule has 0 aliphatic heterocycles. The topological polar surface area (TPSA) is 38.3 Å². The number of nitrogens with one attached hydrogen (secondary N) is 1. The van der Waals surface area contributed by atoms with Gasteiger partial charge in [-0.25, -0.2) is 0 Å². The standard InChI is InChI=1S/C15H31NO2/c1-8-15(16-13(6)7,14(17)12(4)5)10-18-9-11(2)3/h11-13,16H,8-10H2,1-7H3. The summed E-state index contributed by atoms with van der Waals surface area (Å²) in [6, 6.07) is 0.273. The lowest BCUT2D eigenvalue weighted by atomic mass is 9.84. The molecule has 0 fully saturated rings. The maximum absolute atomic E-state index is 12.5. The van der Waals surface area contributed by atoms with Crippen LogP contribution < -0.4 is 5.32 Å². The lowest BCUT2D eigenvalue weighted by Gasteiger charge is -2.35. The first-order valence-electron chi connectivity index (χ1n) is 7.15. The summed E-state index contributed by atoms with van der Waals surface area (Å²) in [5.74, 6) is 0.772. The summed E-state index contributed by atoms with van der Waals surface area (Å²) in [4.78, 5) is 12.5. The molecule has 0 radical (unpaired) electrons.